The quantitative estimate of drug-likeness (QED) is 0.866. The first-order chi connectivity index (χ1) is 8.67. The van der Waals surface area contributed by atoms with E-state index in [9.17, 15) is 13.2 Å². The van der Waals surface area contributed by atoms with Gasteiger partial charge in [-0.25, -0.2) is 13.4 Å². The van der Waals surface area contributed by atoms with Crippen molar-refractivity contribution in [3.8, 4) is 6.07 Å². The second kappa shape index (κ2) is 5.36. The molecule has 0 bridgehead atoms. The highest BCUT2D eigenvalue weighted by molar-refractivity contribution is 7.92. The highest BCUT2D eigenvalue weighted by Gasteiger charge is 2.30. The Bertz CT molecular complexity index is 613. The SMILES string of the molecule is CC(C)(CNC(=O)c1ccc(C#N)cn1)S(C)(=O)=O. The third kappa shape index (κ3) is 3.76. The summed E-state index contributed by atoms with van der Waals surface area (Å²) in [7, 11) is -3.27. The Morgan fingerprint density at radius 3 is 2.53 bits per heavy atom. The molecule has 0 radical (unpaired) electrons. The molecule has 0 atom stereocenters. The van der Waals surface area contributed by atoms with Crippen LogP contribution in [0.15, 0.2) is 18.3 Å². The van der Waals surface area contributed by atoms with Gasteiger partial charge in [-0.3, -0.25) is 4.79 Å². The zero-order valence-electron chi connectivity index (χ0n) is 11.0. The normalized spacial score (nSPS) is 11.7. The number of aromatic nitrogens is 1. The Balaban J connectivity index is 2.74. The molecule has 0 aliphatic carbocycles. The highest BCUT2D eigenvalue weighted by Crippen LogP contribution is 2.13. The maximum atomic E-state index is 11.8. The number of hydrogen-bond acceptors (Lipinski definition) is 5. The molecule has 1 rings (SSSR count). The van der Waals surface area contributed by atoms with Gasteiger partial charge in [0.05, 0.1) is 10.3 Å². The molecule has 19 heavy (non-hydrogen) atoms. The molecule has 0 aromatic carbocycles. The van der Waals surface area contributed by atoms with E-state index in [2.05, 4.69) is 10.3 Å². The maximum Gasteiger partial charge on any atom is 0.269 e. The monoisotopic (exact) mass is 281 g/mol. The number of carbonyl (C=O) groups is 1. The molecule has 0 unspecified atom stereocenters. The first kappa shape index (κ1) is 15.1. The van der Waals surface area contributed by atoms with E-state index in [4.69, 9.17) is 5.26 Å². The van der Waals surface area contributed by atoms with E-state index in [-0.39, 0.29) is 12.2 Å². The fourth-order valence-electron chi connectivity index (χ4n) is 1.11. The largest absolute Gasteiger partial charge is 0.349 e. The van der Waals surface area contributed by atoms with E-state index < -0.39 is 20.5 Å². The van der Waals surface area contributed by atoms with Gasteiger partial charge in [0.2, 0.25) is 0 Å². The molecule has 7 heteroatoms. The fourth-order valence-corrected chi connectivity index (χ4v) is 1.44. The van der Waals surface area contributed by atoms with Crippen LogP contribution in [0.25, 0.3) is 0 Å². The van der Waals surface area contributed by atoms with Crippen molar-refractivity contribution in [2.45, 2.75) is 18.6 Å². The van der Waals surface area contributed by atoms with Crippen LogP contribution in [0.2, 0.25) is 0 Å². The van der Waals surface area contributed by atoms with Gasteiger partial charge in [-0.05, 0) is 26.0 Å². The Morgan fingerprint density at radius 2 is 2.11 bits per heavy atom. The molecule has 0 aliphatic heterocycles. The summed E-state index contributed by atoms with van der Waals surface area (Å²) in [6.07, 6.45) is 2.41. The summed E-state index contributed by atoms with van der Waals surface area (Å²) in [6.45, 7) is 3.07. The first-order valence-corrected chi connectivity index (χ1v) is 7.40. The molecule has 0 saturated carbocycles. The van der Waals surface area contributed by atoms with Crippen molar-refractivity contribution in [1.82, 2.24) is 10.3 Å². The van der Waals surface area contributed by atoms with E-state index in [0.717, 1.165) is 6.26 Å². The van der Waals surface area contributed by atoms with Gasteiger partial charge < -0.3 is 5.32 Å². The van der Waals surface area contributed by atoms with Gasteiger partial charge in [0.1, 0.15) is 11.8 Å². The third-order valence-electron chi connectivity index (χ3n) is 2.80. The van der Waals surface area contributed by atoms with Crippen LogP contribution in [-0.4, -0.2) is 36.9 Å². The van der Waals surface area contributed by atoms with E-state index >= 15 is 0 Å². The average Bonchev–Trinajstić information content (AvgIpc) is 2.35. The summed E-state index contributed by atoms with van der Waals surface area (Å²) in [5.41, 5.74) is 0.497. The van der Waals surface area contributed by atoms with Crippen LogP contribution in [0.4, 0.5) is 0 Å². The zero-order chi connectivity index (χ0) is 14.7. The molecular weight excluding hydrogens is 266 g/mol. The minimum Gasteiger partial charge on any atom is -0.349 e. The van der Waals surface area contributed by atoms with Crippen molar-refractivity contribution >= 4 is 15.7 Å². The summed E-state index contributed by atoms with van der Waals surface area (Å²) < 4.78 is 21.9. The lowest BCUT2D eigenvalue weighted by atomic mass is 10.2. The first-order valence-electron chi connectivity index (χ1n) is 5.51. The van der Waals surface area contributed by atoms with Gasteiger partial charge in [0.25, 0.3) is 5.91 Å². The Morgan fingerprint density at radius 1 is 1.47 bits per heavy atom. The number of amides is 1. The molecule has 1 aromatic heterocycles. The van der Waals surface area contributed by atoms with Crippen LogP contribution in [0.3, 0.4) is 0 Å². The van der Waals surface area contributed by atoms with Crippen LogP contribution in [0, 0.1) is 11.3 Å². The van der Waals surface area contributed by atoms with Crippen molar-refractivity contribution in [3.63, 3.8) is 0 Å². The number of carbonyl (C=O) groups excluding carboxylic acids is 1. The molecule has 0 saturated heterocycles. The van der Waals surface area contributed by atoms with Crippen LogP contribution in [-0.2, 0) is 9.84 Å². The van der Waals surface area contributed by atoms with Crippen LogP contribution >= 0.6 is 0 Å². The number of sulfone groups is 1. The summed E-state index contributed by atoms with van der Waals surface area (Å²) in [4.78, 5) is 15.6. The third-order valence-corrected chi connectivity index (χ3v) is 4.96. The molecule has 1 aromatic rings. The lowest BCUT2D eigenvalue weighted by molar-refractivity contribution is 0.0945. The van der Waals surface area contributed by atoms with E-state index in [1.807, 2.05) is 6.07 Å². The highest BCUT2D eigenvalue weighted by atomic mass is 32.2. The van der Waals surface area contributed by atoms with Gasteiger partial charge in [-0.2, -0.15) is 5.26 Å². The van der Waals surface area contributed by atoms with Crippen LogP contribution < -0.4 is 5.32 Å². The zero-order valence-corrected chi connectivity index (χ0v) is 11.8. The molecule has 1 heterocycles. The Kier molecular flexibility index (Phi) is 4.27. The minimum absolute atomic E-state index is 0.00759. The number of nitriles is 1. The Hall–Kier alpha value is -1.94. The second-order valence-corrected chi connectivity index (χ2v) is 7.41. The summed E-state index contributed by atoms with van der Waals surface area (Å²) in [5, 5.41) is 11.1. The van der Waals surface area contributed by atoms with Crippen molar-refractivity contribution < 1.29 is 13.2 Å². The molecule has 1 N–H and O–H groups in total. The van der Waals surface area contributed by atoms with Crippen molar-refractivity contribution in [1.29, 1.82) is 5.26 Å². The fraction of sp³-hybridized carbons (Fsp3) is 0.417. The molecule has 0 aliphatic rings. The summed E-state index contributed by atoms with van der Waals surface area (Å²) in [6, 6.07) is 4.79. The molecule has 1 amide bonds. The van der Waals surface area contributed by atoms with Gasteiger partial charge in [0.15, 0.2) is 9.84 Å². The number of pyridine rings is 1. The molecule has 0 spiro atoms. The smallest absolute Gasteiger partial charge is 0.269 e. The predicted octanol–water partition coefficient (Wildman–Crippen LogP) is 0.506. The van der Waals surface area contributed by atoms with Gasteiger partial charge in [0, 0.05) is 19.0 Å². The number of nitrogens with one attached hydrogen (secondary N) is 1. The van der Waals surface area contributed by atoms with Crippen LogP contribution in [0.1, 0.15) is 29.9 Å². The summed E-state index contributed by atoms with van der Waals surface area (Å²) in [5.74, 6) is -0.471. The van der Waals surface area contributed by atoms with E-state index in [1.165, 1.54) is 32.2 Å². The van der Waals surface area contributed by atoms with E-state index in [1.54, 1.807) is 0 Å². The lowest BCUT2D eigenvalue weighted by Gasteiger charge is -2.22. The minimum atomic E-state index is -3.27. The topological polar surface area (TPSA) is 99.9 Å². The lowest BCUT2D eigenvalue weighted by Crippen LogP contribution is -2.43. The molecule has 0 fully saturated rings. The van der Waals surface area contributed by atoms with Crippen molar-refractivity contribution in [2.24, 2.45) is 0 Å². The van der Waals surface area contributed by atoms with Crippen molar-refractivity contribution in [3.05, 3.63) is 29.6 Å². The van der Waals surface area contributed by atoms with Gasteiger partial charge in [-0.15, -0.1) is 0 Å². The Labute approximate surface area is 112 Å². The van der Waals surface area contributed by atoms with E-state index in [0.29, 0.717) is 5.56 Å². The number of rotatable bonds is 4. The second-order valence-electron chi connectivity index (χ2n) is 4.76. The molecule has 6 nitrogen and oxygen atoms in total. The van der Waals surface area contributed by atoms with Gasteiger partial charge >= 0.3 is 0 Å². The maximum absolute atomic E-state index is 11.8. The van der Waals surface area contributed by atoms with Crippen molar-refractivity contribution in [2.75, 3.05) is 12.8 Å². The average molecular weight is 281 g/mol. The standard InChI is InChI=1S/C12H15N3O3S/c1-12(2,19(3,17)18)8-15-11(16)10-5-4-9(6-13)7-14-10/h4-5,7H,8H2,1-3H3,(H,15,16). The predicted molar refractivity (Wildman–Crippen MR) is 70.2 cm³/mol. The number of nitrogens with zero attached hydrogens (tertiary/aromatic N) is 2. The van der Waals surface area contributed by atoms with Gasteiger partial charge in [-0.1, -0.05) is 0 Å². The molecular formula is C12H15N3O3S. The molecule has 102 valence electrons. The van der Waals surface area contributed by atoms with Crippen LogP contribution in [0.5, 0.6) is 0 Å². The number of hydrogen-bond donors (Lipinski definition) is 1. The summed E-state index contributed by atoms with van der Waals surface area (Å²) >= 11 is 0.